The number of hydrogen-bond donors (Lipinski definition) is 0. The quantitative estimate of drug-likeness (QED) is 0.200. The molecule has 0 aliphatic heterocycles. The highest BCUT2D eigenvalue weighted by Crippen LogP contribution is 2.66. The minimum absolute atomic E-state index is 0.247. The van der Waals surface area contributed by atoms with Gasteiger partial charge in [-0.15, -0.1) is 22.7 Å². The van der Waals surface area contributed by atoms with E-state index in [0.29, 0.717) is 20.9 Å². The van der Waals surface area contributed by atoms with E-state index in [1.54, 1.807) is 12.1 Å². The molecule has 0 nitrogen and oxygen atoms in total. The molecular weight excluding hydrogens is 550 g/mol. The van der Waals surface area contributed by atoms with Gasteiger partial charge in [0.2, 0.25) is 0 Å². The largest absolute Gasteiger partial charge is 0.380 e. The van der Waals surface area contributed by atoms with E-state index in [9.17, 15) is 8.78 Å². The smallest absolute Gasteiger partial charge is 0.194 e. The fourth-order valence-electron chi connectivity index (χ4n) is 4.89. The number of halogens is 6. The Morgan fingerprint density at radius 1 is 0.564 bits per heavy atom. The summed E-state index contributed by atoms with van der Waals surface area (Å²) in [4.78, 5) is 0.600. The third-order valence-corrected chi connectivity index (χ3v) is 9.86. The van der Waals surface area contributed by atoms with E-state index in [0.717, 1.165) is 46.6 Å². The molecule has 8 heteroatoms. The summed E-state index contributed by atoms with van der Waals surface area (Å²) in [5, 5.41) is 0. The highest BCUT2D eigenvalue weighted by Gasteiger charge is 2.80. The first kappa shape index (κ1) is 27.7. The van der Waals surface area contributed by atoms with Crippen LogP contribution in [0, 0.1) is 13.8 Å². The molecule has 0 N–H and O–H groups in total. The Bertz CT molecular complexity index is 1440. The zero-order valence-corrected chi connectivity index (χ0v) is 23.4. The SMILES string of the molecule is CCc1ccc(-c2cc(C)c(C3=C(c4sc(-c5ccc(CC)cc5)cc4C)C(F)(F)C(F)(F)C3(F)F)s2)cc1. The van der Waals surface area contributed by atoms with Gasteiger partial charge in [0.1, 0.15) is 0 Å². The standard InChI is InChI=1S/C31H26F6S2/c1-5-19-7-11-21(12-8-19)23-15-17(3)27(38-23)25-26(30(34,35)31(36,37)29(25,32)33)28-18(4)16-24(39-28)22-13-9-20(6-2)10-14-22/h7-16H,5-6H2,1-4H3. The van der Waals surface area contributed by atoms with Crippen molar-refractivity contribution in [1.29, 1.82) is 0 Å². The Hall–Kier alpha value is -2.84. The van der Waals surface area contributed by atoms with Crippen LogP contribution in [0.1, 0.15) is 45.9 Å². The molecule has 0 spiro atoms. The summed E-state index contributed by atoms with van der Waals surface area (Å²) in [7, 11) is 0. The fraction of sp³-hybridized carbons (Fsp3) is 0.290. The molecule has 0 saturated heterocycles. The van der Waals surface area contributed by atoms with Crippen molar-refractivity contribution in [3.63, 3.8) is 0 Å². The Morgan fingerprint density at radius 3 is 1.21 bits per heavy atom. The van der Waals surface area contributed by atoms with E-state index >= 15 is 17.6 Å². The summed E-state index contributed by atoms with van der Waals surface area (Å²) in [5.41, 5.74) is 1.50. The van der Waals surface area contributed by atoms with Gasteiger partial charge in [-0.2, -0.15) is 26.3 Å². The zero-order chi connectivity index (χ0) is 28.3. The molecule has 5 rings (SSSR count). The molecule has 0 radical (unpaired) electrons. The predicted molar refractivity (Wildman–Crippen MR) is 149 cm³/mol. The second-order valence-electron chi connectivity index (χ2n) is 9.82. The molecular formula is C31H26F6S2. The first-order valence-corrected chi connectivity index (χ1v) is 14.3. The Labute approximate surface area is 231 Å². The monoisotopic (exact) mass is 576 g/mol. The van der Waals surface area contributed by atoms with Crippen LogP contribution < -0.4 is 0 Å². The molecule has 1 aliphatic rings. The van der Waals surface area contributed by atoms with Crippen molar-refractivity contribution in [2.45, 2.75) is 58.3 Å². The van der Waals surface area contributed by atoms with Gasteiger partial charge in [0.25, 0.3) is 0 Å². The minimum Gasteiger partial charge on any atom is -0.194 e. The maximum atomic E-state index is 15.5. The molecule has 0 saturated carbocycles. The van der Waals surface area contributed by atoms with Crippen LogP contribution in [-0.4, -0.2) is 17.8 Å². The second-order valence-corrected chi connectivity index (χ2v) is 11.9. The molecule has 204 valence electrons. The van der Waals surface area contributed by atoms with Crippen LogP contribution in [0.4, 0.5) is 26.3 Å². The summed E-state index contributed by atoms with van der Waals surface area (Å²) in [6.07, 6.45) is 1.62. The highest BCUT2D eigenvalue weighted by molar-refractivity contribution is 7.18. The molecule has 0 amide bonds. The van der Waals surface area contributed by atoms with Gasteiger partial charge < -0.3 is 0 Å². The topological polar surface area (TPSA) is 0 Å². The number of benzene rings is 2. The first-order chi connectivity index (χ1) is 18.3. The Kier molecular flexibility index (Phi) is 6.87. The van der Waals surface area contributed by atoms with Crippen molar-refractivity contribution in [1.82, 2.24) is 0 Å². The van der Waals surface area contributed by atoms with Gasteiger partial charge >= 0.3 is 17.8 Å². The molecule has 39 heavy (non-hydrogen) atoms. The van der Waals surface area contributed by atoms with Crippen LogP contribution in [0.2, 0.25) is 0 Å². The lowest BCUT2D eigenvalue weighted by Crippen LogP contribution is -2.48. The Balaban J connectivity index is 1.72. The van der Waals surface area contributed by atoms with Crippen molar-refractivity contribution < 1.29 is 26.3 Å². The van der Waals surface area contributed by atoms with Crippen LogP contribution in [-0.2, 0) is 12.8 Å². The molecule has 2 aromatic heterocycles. The summed E-state index contributed by atoms with van der Waals surface area (Å²) >= 11 is 1.68. The maximum Gasteiger partial charge on any atom is 0.380 e. The van der Waals surface area contributed by atoms with Crippen LogP contribution >= 0.6 is 22.7 Å². The molecule has 0 fully saturated rings. The third kappa shape index (κ3) is 4.27. The average molecular weight is 577 g/mol. The van der Waals surface area contributed by atoms with Gasteiger partial charge in [0.05, 0.1) is 11.1 Å². The van der Waals surface area contributed by atoms with Gasteiger partial charge in [-0.3, -0.25) is 0 Å². The van der Waals surface area contributed by atoms with E-state index in [4.69, 9.17) is 0 Å². The predicted octanol–water partition coefficient (Wildman–Crippen LogP) is 10.7. The number of thiophene rings is 2. The maximum absolute atomic E-state index is 15.5. The van der Waals surface area contributed by atoms with Gasteiger partial charge in [0, 0.05) is 19.5 Å². The molecule has 0 unspecified atom stereocenters. The molecule has 0 atom stereocenters. The van der Waals surface area contributed by atoms with Crippen LogP contribution in [0.15, 0.2) is 60.7 Å². The molecule has 1 aliphatic carbocycles. The van der Waals surface area contributed by atoms with E-state index in [1.165, 1.54) is 13.8 Å². The fourth-order valence-corrected chi connectivity index (χ4v) is 7.42. The highest BCUT2D eigenvalue weighted by atomic mass is 32.1. The lowest BCUT2D eigenvalue weighted by Gasteiger charge is -2.25. The zero-order valence-electron chi connectivity index (χ0n) is 21.8. The van der Waals surface area contributed by atoms with Gasteiger partial charge in [0.15, 0.2) is 0 Å². The van der Waals surface area contributed by atoms with Gasteiger partial charge in [-0.25, -0.2) is 0 Å². The molecule has 4 aromatic rings. The lowest BCUT2D eigenvalue weighted by atomic mass is 10.0. The molecule has 2 aromatic carbocycles. The van der Waals surface area contributed by atoms with E-state index in [1.807, 2.05) is 62.4 Å². The van der Waals surface area contributed by atoms with Gasteiger partial charge in [-0.05, 0) is 72.2 Å². The summed E-state index contributed by atoms with van der Waals surface area (Å²) in [6, 6.07) is 18.0. The number of alkyl halides is 6. The summed E-state index contributed by atoms with van der Waals surface area (Å²) < 4.78 is 91.7. The molecule has 0 bridgehead atoms. The number of allylic oxidation sites excluding steroid dienone is 2. The second kappa shape index (κ2) is 9.66. The lowest BCUT2D eigenvalue weighted by molar-refractivity contribution is -0.254. The van der Waals surface area contributed by atoms with Crippen LogP contribution in [0.3, 0.4) is 0 Å². The average Bonchev–Trinajstić information content (AvgIpc) is 3.51. The number of rotatable bonds is 6. The van der Waals surface area contributed by atoms with Crippen molar-refractivity contribution >= 4 is 33.8 Å². The van der Waals surface area contributed by atoms with Gasteiger partial charge in [-0.1, -0.05) is 62.4 Å². The normalized spacial score (nSPS) is 17.7. The van der Waals surface area contributed by atoms with Crippen LogP contribution in [0.25, 0.3) is 32.0 Å². The minimum atomic E-state index is -5.58. The van der Waals surface area contributed by atoms with E-state index in [2.05, 4.69) is 0 Å². The Morgan fingerprint density at radius 2 is 0.897 bits per heavy atom. The van der Waals surface area contributed by atoms with Crippen molar-refractivity contribution in [3.05, 3.63) is 92.7 Å². The van der Waals surface area contributed by atoms with E-state index in [-0.39, 0.29) is 20.9 Å². The third-order valence-electron chi connectivity index (χ3n) is 7.25. The number of hydrogen-bond acceptors (Lipinski definition) is 2. The molecule has 2 heterocycles. The van der Waals surface area contributed by atoms with Crippen molar-refractivity contribution in [3.8, 4) is 20.9 Å². The first-order valence-electron chi connectivity index (χ1n) is 12.6. The summed E-state index contributed by atoms with van der Waals surface area (Å²) in [5.74, 6) is -15.7. The van der Waals surface area contributed by atoms with E-state index < -0.39 is 28.9 Å². The van der Waals surface area contributed by atoms with Crippen molar-refractivity contribution in [2.24, 2.45) is 0 Å². The van der Waals surface area contributed by atoms with Crippen LogP contribution in [0.5, 0.6) is 0 Å². The summed E-state index contributed by atoms with van der Waals surface area (Å²) in [6.45, 7) is 6.98. The van der Waals surface area contributed by atoms with Crippen molar-refractivity contribution in [2.75, 3.05) is 0 Å². The number of aryl methyl sites for hydroxylation is 4.